The molecule has 38 heavy (non-hydrogen) atoms. The van der Waals surface area contributed by atoms with Crippen molar-refractivity contribution in [3.63, 3.8) is 0 Å². The van der Waals surface area contributed by atoms with Crippen molar-refractivity contribution in [2.75, 3.05) is 37.6 Å². The van der Waals surface area contributed by atoms with E-state index >= 15 is 0 Å². The van der Waals surface area contributed by atoms with Crippen molar-refractivity contribution in [3.8, 4) is 22.6 Å². The molecule has 1 aromatic carbocycles. The zero-order valence-electron chi connectivity index (χ0n) is 21.1. The summed E-state index contributed by atoms with van der Waals surface area (Å²) in [6.07, 6.45) is -1.40. The number of piperazine rings is 1. The number of alkyl halides is 3. The molecule has 9 nitrogen and oxygen atoms in total. The van der Waals surface area contributed by atoms with Gasteiger partial charge in [0.1, 0.15) is 18.0 Å². The van der Waals surface area contributed by atoms with Gasteiger partial charge in [-0.1, -0.05) is 0 Å². The zero-order chi connectivity index (χ0) is 27.3. The summed E-state index contributed by atoms with van der Waals surface area (Å²) >= 11 is 0. The maximum atomic E-state index is 12.3. The lowest BCUT2D eigenvalue weighted by Crippen LogP contribution is -2.46. The van der Waals surface area contributed by atoms with Gasteiger partial charge < -0.3 is 20.1 Å². The fourth-order valence-electron chi connectivity index (χ4n) is 4.12. The van der Waals surface area contributed by atoms with Gasteiger partial charge in [-0.25, -0.2) is 0 Å². The van der Waals surface area contributed by atoms with Crippen molar-refractivity contribution in [2.45, 2.75) is 32.7 Å². The largest absolute Gasteiger partial charge is 0.506 e. The molecule has 2 aromatic heterocycles. The lowest BCUT2D eigenvalue weighted by molar-refractivity contribution is -0.123. The maximum Gasteiger partial charge on any atom is 0.405 e. The van der Waals surface area contributed by atoms with Gasteiger partial charge >= 0.3 is 6.18 Å². The molecule has 0 unspecified atom stereocenters. The first kappa shape index (κ1) is 27.1. The van der Waals surface area contributed by atoms with E-state index in [1.54, 1.807) is 23.6 Å². The number of anilines is 1. The number of hydrogen-bond acceptors (Lipinski definition) is 8. The van der Waals surface area contributed by atoms with Crippen molar-refractivity contribution in [1.82, 2.24) is 25.4 Å². The Morgan fingerprint density at radius 1 is 1.05 bits per heavy atom. The van der Waals surface area contributed by atoms with Crippen LogP contribution in [0.5, 0.6) is 11.5 Å². The molecule has 0 bridgehead atoms. The van der Waals surface area contributed by atoms with Crippen LogP contribution in [0.4, 0.5) is 19.0 Å². The summed E-state index contributed by atoms with van der Waals surface area (Å²) in [6.45, 7) is 6.02. The van der Waals surface area contributed by atoms with Gasteiger partial charge in [-0.2, -0.15) is 13.2 Å². The van der Waals surface area contributed by atoms with Gasteiger partial charge in [-0.3, -0.25) is 14.7 Å². The van der Waals surface area contributed by atoms with E-state index in [4.69, 9.17) is 4.74 Å². The molecule has 0 aliphatic carbocycles. The quantitative estimate of drug-likeness (QED) is 0.455. The second-order valence-corrected chi connectivity index (χ2v) is 9.30. The van der Waals surface area contributed by atoms with Crippen LogP contribution >= 0.6 is 0 Å². The number of rotatable bonds is 8. The zero-order valence-corrected chi connectivity index (χ0v) is 21.1. The molecular formula is C26H29F3N6O3. The summed E-state index contributed by atoms with van der Waals surface area (Å²) in [5.41, 5.74) is 2.58. The average molecular weight is 531 g/mol. The van der Waals surface area contributed by atoms with Gasteiger partial charge in [0, 0.05) is 44.5 Å². The molecule has 12 heteroatoms. The highest BCUT2D eigenvalue weighted by atomic mass is 19.4. The molecule has 1 amide bonds. The van der Waals surface area contributed by atoms with Crippen molar-refractivity contribution in [2.24, 2.45) is 0 Å². The van der Waals surface area contributed by atoms with Gasteiger partial charge in [0.05, 0.1) is 12.3 Å². The van der Waals surface area contributed by atoms with Crippen molar-refractivity contribution < 1.29 is 27.8 Å². The first-order valence-corrected chi connectivity index (χ1v) is 12.2. The Bertz CT molecular complexity index is 1250. The minimum atomic E-state index is -4.49. The van der Waals surface area contributed by atoms with E-state index < -0.39 is 18.6 Å². The van der Waals surface area contributed by atoms with Crippen LogP contribution < -0.4 is 15.0 Å². The Morgan fingerprint density at radius 2 is 1.82 bits per heavy atom. The topological polar surface area (TPSA) is 104 Å². The van der Waals surface area contributed by atoms with Crippen LogP contribution in [0.25, 0.3) is 11.1 Å². The molecule has 3 aromatic rings. The van der Waals surface area contributed by atoms with Crippen LogP contribution in [-0.2, 0) is 6.54 Å². The Kier molecular flexibility index (Phi) is 8.30. The predicted octanol–water partition coefficient (Wildman–Crippen LogP) is 3.65. The fourth-order valence-corrected chi connectivity index (χ4v) is 4.12. The van der Waals surface area contributed by atoms with Crippen LogP contribution in [-0.4, -0.2) is 76.1 Å². The summed E-state index contributed by atoms with van der Waals surface area (Å²) in [7, 11) is 0. The van der Waals surface area contributed by atoms with E-state index in [0.29, 0.717) is 25.5 Å². The highest BCUT2D eigenvalue weighted by Gasteiger charge is 2.28. The van der Waals surface area contributed by atoms with E-state index in [1.807, 2.05) is 30.9 Å². The summed E-state index contributed by atoms with van der Waals surface area (Å²) in [6, 6.07) is 10.6. The third-order valence-corrected chi connectivity index (χ3v) is 5.83. The van der Waals surface area contributed by atoms with Gasteiger partial charge in [0.2, 0.25) is 0 Å². The number of hydrogen-bond donors (Lipinski definition) is 2. The highest BCUT2D eigenvalue weighted by Crippen LogP contribution is 2.29. The molecule has 1 fully saturated rings. The fraction of sp³-hybridized carbons (Fsp3) is 0.385. The molecule has 0 radical (unpaired) electrons. The third kappa shape index (κ3) is 7.54. The van der Waals surface area contributed by atoms with Crippen LogP contribution in [0.1, 0.15) is 29.9 Å². The Morgan fingerprint density at radius 3 is 2.45 bits per heavy atom. The number of aromatic nitrogens is 3. The Labute approximate surface area is 218 Å². The smallest absolute Gasteiger partial charge is 0.405 e. The van der Waals surface area contributed by atoms with E-state index in [1.165, 1.54) is 12.3 Å². The SMILES string of the molecule is CC(C)Oc1cc(CN2CCN(c3ccc(C(=O)NCC(F)(F)F)nn3)CC2)cc(-c2cncc(O)c2)c1. The lowest BCUT2D eigenvalue weighted by Gasteiger charge is -2.35. The van der Waals surface area contributed by atoms with Crippen LogP contribution in [0.15, 0.2) is 48.8 Å². The standard InChI is InChI=1S/C26H29F3N6O3/c1-17(2)38-22-10-18(9-19(12-22)20-11-21(36)14-30-13-20)15-34-5-7-35(8-6-34)24-4-3-23(32-33-24)25(37)31-16-26(27,28)29/h3-4,9-14,17,36H,5-8,15-16H2,1-2H3,(H,31,37). The number of nitrogens with zero attached hydrogens (tertiary/aromatic N) is 5. The van der Waals surface area contributed by atoms with Crippen molar-refractivity contribution in [3.05, 3.63) is 60.0 Å². The minimum absolute atomic E-state index is 0.00663. The Balaban J connectivity index is 1.38. The monoisotopic (exact) mass is 530 g/mol. The van der Waals surface area contributed by atoms with Gasteiger partial charge in [-0.15, -0.1) is 10.2 Å². The Hall–Kier alpha value is -3.93. The van der Waals surface area contributed by atoms with E-state index in [9.17, 15) is 23.1 Å². The maximum absolute atomic E-state index is 12.3. The minimum Gasteiger partial charge on any atom is -0.506 e. The van der Waals surface area contributed by atoms with Crippen molar-refractivity contribution in [1.29, 1.82) is 0 Å². The molecule has 1 saturated heterocycles. The van der Waals surface area contributed by atoms with Gasteiger partial charge in [0.15, 0.2) is 11.5 Å². The molecule has 0 spiro atoms. The van der Waals surface area contributed by atoms with Crippen LogP contribution in [0, 0.1) is 0 Å². The highest BCUT2D eigenvalue weighted by molar-refractivity contribution is 5.92. The number of amides is 1. The number of aromatic hydroxyl groups is 1. The van der Waals surface area contributed by atoms with Crippen LogP contribution in [0.2, 0.25) is 0 Å². The number of pyridine rings is 1. The number of carbonyl (C=O) groups excluding carboxylic acids is 1. The molecule has 2 N–H and O–H groups in total. The first-order chi connectivity index (χ1) is 18.1. The summed E-state index contributed by atoms with van der Waals surface area (Å²) in [5, 5.41) is 19.5. The van der Waals surface area contributed by atoms with E-state index in [2.05, 4.69) is 26.1 Å². The second-order valence-electron chi connectivity index (χ2n) is 9.30. The molecule has 1 aliphatic heterocycles. The first-order valence-electron chi connectivity index (χ1n) is 12.2. The predicted molar refractivity (Wildman–Crippen MR) is 135 cm³/mol. The number of carbonyl (C=O) groups is 1. The number of benzene rings is 1. The van der Waals surface area contributed by atoms with E-state index in [0.717, 1.165) is 35.5 Å². The summed E-state index contributed by atoms with van der Waals surface area (Å²) in [4.78, 5) is 20.2. The van der Waals surface area contributed by atoms with Gasteiger partial charge in [-0.05, 0) is 61.4 Å². The molecule has 1 aliphatic rings. The van der Waals surface area contributed by atoms with E-state index in [-0.39, 0.29) is 17.5 Å². The van der Waals surface area contributed by atoms with Crippen LogP contribution in [0.3, 0.4) is 0 Å². The van der Waals surface area contributed by atoms with Crippen molar-refractivity contribution >= 4 is 11.7 Å². The third-order valence-electron chi connectivity index (χ3n) is 5.83. The summed E-state index contributed by atoms with van der Waals surface area (Å²) < 4.78 is 42.9. The summed E-state index contributed by atoms with van der Waals surface area (Å²) in [5.74, 6) is 0.469. The molecule has 0 atom stereocenters. The number of ether oxygens (including phenoxy) is 1. The molecule has 0 saturated carbocycles. The molecule has 202 valence electrons. The normalized spacial score (nSPS) is 14.5. The lowest BCUT2D eigenvalue weighted by atomic mass is 10.0. The molecular weight excluding hydrogens is 501 g/mol. The molecule has 3 heterocycles. The second kappa shape index (κ2) is 11.6. The number of nitrogens with one attached hydrogen (secondary N) is 1. The number of halogens is 3. The molecule has 4 rings (SSSR count). The average Bonchev–Trinajstić information content (AvgIpc) is 2.87. The van der Waals surface area contributed by atoms with Gasteiger partial charge in [0.25, 0.3) is 5.91 Å².